The number of nitrogens with zero attached hydrogens (tertiary/aromatic N) is 1. The number of aromatic nitrogens is 1. The van der Waals surface area contributed by atoms with Gasteiger partial charge in [0.1, 0.15) is 10.8 Å². The minimum absolute atomic E-state index is 0.358. The highest BCUT2D eigenvalue weighted by atomic mass is 79.9. The van der Waals surface area contributed by atoms with E-state index in [0.717, 1.165) is 21.3 Å². The summed E-state index contributed by atoms with van der Waals surface area (Å²) in [6.45, 7) is 2.32. The largest absolute Gasteiger partial charge is 0.437 e. The van der Waals surface area contributed by atoms with E-state index in [1.165, 1.54) is 0 Å². The van der Waals surface area contributed by atoms with Gasteiger partial charge in [-0.2, -0.15) is 0 Å². The zero-order chi connectivity index (χ0) is 13.1. The number of benzene rings is 1. The van der Waals surface area contributed by atoms with E-state index in [-0.39, 0.29) is 0 Å². The van der Waals surface area contributed by atoms with E-state index in [2.05, 4.69) is 20.9 Å². The lowest BCUT2D eigenvalue weighted by atomic mass is 10.2. The molecule has 94 valence electrons. The van der Waals surface area contributed by atoms with E-state index in [1.54, 1.807) is 12.3 Å². The van der Waals surface area contributed by atoms with Crippen LogP contribution in [0.15, 0.2) is 34.9 Å². The van der Waals surface area contributed by atoms with Crippen LogP contribution in [-0.4, -0.2) is 4.98 Å². The highest BCUT2D eigenvalue weighted by Crippen LogP contribution is 2.32. The summed E-state index contributed by atoms with van der Waals surface area (Å²) in [4.78, 5) is 4.12. The third-order valence-electron chi connectivity index (χ3n) is 2.50. The quantitative estimate of drug-likeness (QED) is 0.925. The molecule has 0 aliphatic carbocycles. The highest BCUT2D eigenvalue weighted by molar-refractivity contribution is 9.10. The van der Waals surface area contributed by atoms with E-state index < -0.39 is 0 Å². The Kier molecular flexibility index (Phi) is 4.22. The van der Waals surface area contributed by atoms with E-state index >= 15 is 0 Å². The van der Waals surface area contributed by atoms with Crippen LogP contribution in [0.3, 0.4) is 0 Å². The molecule has 0 radical (unpaired) electrons. The zero-order valence-electron chi connectivity index (χ0n) is 9.78. The summed E-state index contributed by atoms with van der Waals surface area (Å²) in [5.41, 5.74) is 7.41. The number of rotatable bonds is 3. The number of halogens is 2. The summed E-state index contributed by atoms with van der Waals surface area (Å²) >= 11 is 9.57. The second kappa shape index (κ2) is 5.69. The van der Waals surface area contributed by atoms with Gasteiger partial charge in [0, 0.05) is 17.2 Å². The molecular formula is C13H12BrClN2O. The molecule has 0 amide bonds. The molecule has 0 aliphatic rings. The van der Waals surface area contributed by atoms with Crippen LogP contribution in [0.25, 0.3) is 0 Å². The van der Waals surface area contributed by atoms with Crippen LogP contribution in [0.1, 0.15) is 11.1 Å². The fourth-order valence-electron chi connectivity index (χ4n) is 1.52. The molecule has 3 nitrogen and oxygen atoms in total. The van der Waals surface area contributed by atoms with Crippen LogP contribution < -0.4 is 10.5 Å². The van der Waals surface area contributed by atoms with Crippen molar-refractivity contribution in [2.75, 3.05) is 0 Å². The maximum atomic E-state index is 6.17. The Hall–Kier alpha value is -1.10. The van der Waals surface area contributed by atoms with Crippen molar-refractivity contribution in [2.24, 2.45) is 5.73 Å². The number of nitrogens with two attached hydrogens (primary N) is 1. The van der Waals surface area contributed by atoms with Crippen LogP contribution >= 0.6 is 27.5 Å². The number of hydrogen-bond acceptors (Lipinski definition) is 3. The van der Waals surface area contributed by atoms with Crippen LogP contribution in [-0.2, 0) is 6.54 Å². The second-order valence-corrected chi connectivity index (χ2v) is 5.10. The maximum absolute atomic E-state index is 6.17. The van der Waals surface area contributed by atoms with Crippen molar-refractivity contribution in [2.45, 2.75) is 13.5 Å². The monoisotopic (exact) mass is 326 g/mol. The summed E-state index contributed by atoms with van der Waals surface area (Å²) in [5.74, 6) is 1.10. The lowest BCUT2D eigenvalue weighted by Crippen LogP contribution is -2.00. The van der Waals surface area contributed by atoms with Gasteiger partial charge < -0.3 is 10.5 Å². The lowest BCUT2D eigenvalue weighted by molar-refractivity contribution is 0.459. The van der Waals surface area contributed by atoms with Gasteiger partial charge in [-0.3, -0.25) is 0 Å². The predicted molar refractivity (Wildman–Crippen MR) is 76.1 cm³/mol. The number of aryl methyl sites for hydroxylation is 1. The molecule has 2 rings (SSSR count). The van der Waals surface area contributed by atoms with Gasteiger partial charge >= 0.3 is 0 Å². The molecule has 5 heteroatoms. The fourth-order valence-corrected chi connectivity index (χ4v) is 2.23. The Balaban J connectivity index is 2.34. The molecule has 0 spiro atoms. The smallest absolute Gasteiger partial charge is 0.238 e. The maximum Gasteiger partial charge on any atom is 0.238 e. The highest BCUT2D eigenvalue weighted by Gasteiger charge is 2.10. The average molecular weight is 328 g/mol. The van der Waals surface area contributed by atoms with Gasteiger partial charge in [0.25, 0.3) is 0 Å². The number of pyridine rings is 1. The van der Waals surface area contributed by atoms with Crippen LogP contribution in [0.2, 0.25) is 5.02 Å². The van der Waals surface area contributed by atoms with Crippen molar-refractivity contribution in [1.82, 2.24) is 4.98 Å². The summed E-state index contributed by atoms with van der Waals surface area (Å²) in [5, 5.41) is 0.460. The molecular weight excluding hydrogens is 316 g/mol. The summed E-state index contributed by atoms with van der Waals surface area (Å²) in [6, 6.07) is 7.52. The van der Waals surface area contributed by atoms with E-state index in [0.29, 0.717) is 17.4 Å². The van der Waals surface area contributed by atoms with Gasteiger partial charge in [0.05, 0.1) is 0 Å². The molecule has 2 N–H and O–H groups in total. The first-order valence-corrected chi connectivity index (χ1v) is 6.56. The first-order chi connectivity index (χ1) is 8.61. The number of ether oxygens (including phenoxy) is 1. The second-order valence-electron chi connectivity index (χ2n) is 3.81. The van der Waals surface area contributed by atoms with Crippen molar-refractivity contribution in [1.29, 1.82) is 0 Å². The van der Waals surface area contributed by atoms with Gasteiger partial charge in [-0.05, 0) is 42.3 Å². The third kappa shape index (κ3) is 2.83. The topological polar surface area (TPSA) is 48.1 Å². The van der Waals surface area contributed by atoms with E-state index in [4.69, 9.17) is 22.1 Å². The molecule has 1 aromatic carbocycles. The average Bonchev–Trinajstić information content (AvgIpc) is 2.35. The SMILES string of the molecule is Cc1cc(Br)ccc1Oc1nccc(CN)c1Cl. The van der Waals surface area contributed by atoms with Gasteiger partial charge in [-0.25, -0.2) is 4.98 Å². The first-order valence-electron chi connectivity index (χ1n) is 5.39. The molecule has 1 heterocycles. The van der Waals surface area contributed by atoms with Gasteiger partial charge in [-0.1, -0.05) is 27.5 Å². The van der Waals surface area contributed by atoms with Crippen molar-refractivity contribution in [3.05, 3.63) is 51.1 Å². The normalized spacial score (nSPS) is 10.4. The lowest BCUT2D eigenvalue weighted by Gasteiger charge is -2.10. The Morgan fingerprint density at radius 2 is 2.17 bits per heavy atom. The third-order valence-corrected chi connectivity index (χ3v) is 3.40. The molecule has 0 bridgehead atoms. The Morgan fingerprint density at radius 1 is 1.39 bits per heavy atom. The van der Waals surface area contributed by atoms with Gasteiger partial charge in [0.15, 0.2) is 0 Å². The van der Waals surface area contributed by atoms with Gasteiger partial charge in [-0.15, -0.1) is 0 Å². The van der Waals surface area contributed by atoms with Crippen LogP contribution in [0, 0.1) is 6.92 Å². The molecule has 18 heavy (non-hydrogen) atoms. The minimum atomic E-state index is 0.358. The Morgan fingerprint density at radius 3 is 2.83 bits per heavy atom. The molecule has 0 unspecified atom stereocenters. The summed E-state index contributed by atoms with van der Waals surface area (Å²) < 4.78 is 6.72. The fraction of sp³-hybridized carbons (Fsp3) is 0.154. The van der Waals surface area contributed by atoms with Crippen molar-refractivity contribution < 1.29 is 4.74 Å². The predicted octanol–water partition coefficient (Wildman–Crippen LogP) is 4.06. The van der Waals surface area contributed by atoms with E-state index in [1.807, 2.05) is 25.1 Å². The standard InChI is InChI=1S/C13H12BrClN2O/c1-8-6-10(14)2-3-11(8)18-13-12(15)9(7-16)4-5-17-13/h2-6H,7,16H2,1H3. The Bertz CT molecular complexity index is 575. The van der Waals surface area contributed by atoms with E-state index in [9.17, 15) is 0 Å². The summed E-state index contributed by atoms with van der Waals surface area (Å²) in [7, 11) is 0. The van der Waals surface area contributed by atoms with Gasteiger partial charge in [0.2, 0.25) is 5.88 Å². The van der Waals surface area contributed by atoms with Crippen molar-refractivity contribution in [3.63, 3.8) is 0 Å². The first kappa shape index (κ1) is 13.3. The molecule has 0 atom stereocenters. The number of hydrogen-bond donors (Lipinski definition) is 1. The van der Waals surface area contributed by atoms with Crippen LogP contribution in [0.5, 0.6) is 11.6 Å². The summed E-state index contributed by atoms with van der Waals surface area (Å²) in [6.07, 6.45) is 1.64. The minimum Gasteiger partial charge on any atom is -0.437 e. The molecule has 0 aliphatic heterocycles. The zero-order valence-corrected chi connectivity index (χ0v) is 12.1. The molecule has 1 aromatic heterocycles. The van der Waals surface area contributed by atoms with Crippen molar-refractivity contribution >= 4 is 27.5 Å². The molecule has 0 saturated heterocycles. The van der Waals surface area contributed by atoms with Crippen LogP contribution in [0.4, 0.5) is 0 Å². The molecule has 0 fully saturated rings. The van der Waals surface area contributed by atoms with Crippen molar-refractivity contribution in [3.8, 4) is 11.6 Å². The molecule has 0 saturated carbocycles. The molecule has 2 aromatic rings. The Labute approximate surface area is 119 Å².